The van der Waals surface area contributed by atoms with Crippen LogP contribution in [0.1, 0.15) is 48.9 Å². The van der Waals surface area contributed by atoms with Crippen molar-refractivity contribution >= 4 is 17.5 Å². The third-order valence-corrected chi connectivity index (χ3v) is 5.34. The first-order valence-electron chi connectivity index (χ1n) is 8.53. The van der Waals surface area contributed by atoms with Crippen LogP contribution in [0.3, 0.4) is 0 Å². The van der Waals surface area contributed by atoms with Gasteiger partial charge < -0.3 is 9.80 Å². The summed E-state index contributed by atoms with van der Waals surface area (Å²) in [5.74, 6) is 0.0833. The van der Waals surface area contributed by atoms with Crippen LogP contribution in [0, 0.1) is 0 Å². The van der Waals surface area contributed by atoms with Gasteiger partial charge in [0.05, 0.1) is 10.6 Å². The van der Waals surface area contributed by atoms with Crippen molar-refractivity contribution in [1.82, 2.24) is 9.80 Å². The summed E-state index contributed by atoms with van der Waals surface area (Å²) >= 11 is 6.15. The van der Waals surface area contributed by atoms with Crippen molar-refractivity contribution in [2.45, 2.75) is 44.6 Å². The van der Waals surface area contributed by atoms with Gasteiger partial charge in [-0.2, -0.15) is 0 Å². The fourth-order valence-electron chi connectivity index (χ4n) is 3.70. The van der Waals surface area contributed by atoms with Gasteiger partial charge in [-0.1, -0.05) is 36.6 Å². The Hall–Kier alpha value is -1.06. The van der Waals surface area contributed by atoms with Gasteiger partial charge in [0.1, 0.15) is 0 Å². The third-order valence-electron chi connectivity index (χ3n) is 5.01. The van der Waals surface area contributed by atoms with E-state index in [1.165, 1.54) is 38.8 Å². The van der Waals surface area contributed by atoms with E-state index in [0.29, 0.717) is 16.6 Å². The van der Waals surface area contributed by atoms with Crippen LogP contribution in [0.4, 0.5) is 0 Å². The molecular weight excluding hydrogens is 296 g/mol. The van der Waals surface area contributed by atoms with E-state index >= 15 is 0 Å². The Morgan fingerprint density at radius 3 is 2.23 bits per heavy atom. The molecular formula is C18H25ClN2O. The summed E-state index contributed by atoms with van der Waals surface area (Å²) in [7, 11) is 0. The second kappa shape index (κ2) is 7.47. The van der Waals surface area contributed by atoms with Gasteiger partial charge in [0.15, 0.2) is 0 Å². The Balaban J connectivity index is 1.57. The molecule has 0 N–H and O–H groups in total. The Morgan fingerprint density at radius 1 is 0.955 bits per heavy atom. The van der Waals surface area contributed by atoms with Gasteiger partial charge in [-0.05, 0) is 50.9 Å². The SMILES string of the molecule is O=C(c1ccccc1Cl)N1CCC(N2CCCCCC2)CC1. The highest BCUT2D eigenvalue weighted by Crippen LogP contribution is 2.23. The van der Waals surface area contributed by atoms with Crippen molar-refractivity contribution in [3.63, 3.8) is 0 Å². The lowest BCUT2D eigenvalue weighted by Gasteiger charge is -2.38. The number of rotatable bonds is 2. The quantitative estimate of drug-likeness (QED) is 0.827. The normalized spacial score (nSPS) is 21.6. The molecule has 2 aliphatic heterocycles. The molecule has 0 aliphatic carbocycles. The highest BCUT2D eigenvalue weighted by molar-refractivity contribution is 6.33. The lowest BCUT2D eigenvalue weighted by Crippen LogP contribution is -2.47. The number of nitrogens with zero attached hydrogens (tertiary/aromatic N) is 2. The molecule has 3 nitrogen and oxygen atoms in total. The minimum atomic E-state index is 0.0833. The van der Waals surface area contributed by atoms with Gasteiger partial charge in [0.25, 0.3) is 5.91 Å². The van der Waals surface area contributed by atoms with Crippen LogP contribution in [0.5, 0.6) is 0 Å². The second-order valence-electron chi connectivity index (χ2n) is 6.45. The Morgan fingerprint density at radius 2 is 1.59 bits per heavy atom. The first-order valence-corrected chi connectivity index (χ1v) is 8.91. The van der Waals surface area contributed by atoms with Crippen LogP contribution in [-0.2, 0) is 0 Å². The molecule has 1 amide bonds. The highest BCUT2D eigenvalue weighted by atomic mass is 35.5. The van der Waals surface area contributed by atoms with E-state index in [1.54, 1.807) is 6.07 Å². The number of amides is 1. The van der Waals surface area contributed by atoms with Crippen LogP contribution >= 0.6 is 11.6 Å². The van der Waals surface area contributed by atoms with E-state index < -0.39 is 0 Å². The minimum Gasteiger partial charge on any atom is -0.338 e. The predicted molar refractivity (Wildman–Crippen MR) is 90.4 cm³/mol. The summed E-state index contributed by atoms with van der Waals surface area (Å²) in [6.45, 7) is 4.18. The Kier molecular flexibility index (Phi) is 5.37. The first kappa shape index (κ1) is 15.8. The van der Waals surface area contributed by atoms with E-state index in [0.717, 1.165) is 25.9 Å². The van der Waals surface area contributed by atoms with Crippen molar-refractivity contribution in [1.29, 1.82) is 0 Å². The predicted octanol–water partition coefficient (Wildman–Crippen LogP) is 3.82. The summed E-state index contributed by atoms with van der Waals surface area (Å²) in [6.07, 6.45) is 7.60. The number of carbonyl (C=O) groups excluding carboxylic acids is 1. The van der Waals surface area contributed by atoms with Crippen molar-refractivity contribution in [2.75, 3.05) is 26.2 Å². The molecule has 22 heavy (non-hydrogen) atoms. The maximum Gasteiger partial charge on any atom is 0.255 e. The number of piperidine rings is 1. The number of hydrogen-bond acceptors (Lipinski definition) is 2. The summed E-state index contributed by atoms with van der Waals surface area (Å²) in [4.78, 5) is 17.2. The fourth-order valence-corrected chi connectivity index (χ4v) is 3.92. The maximum absolute atomic E-state index is 12.6. The molecule has 2 heterocycles. The van der Waals surface area contributed by atoms with Gasteiger partial charge in [-0.25, -0.2) is 0 Å². The van der Waals surface area contributed by atoms with Gasteiger partial charge in [0.2, 0.25) is 0 Å². The van der Waals surface area contributed by atoms with E-state index in [1.807, 2.05) is 23.1 Å². The molecule has 2 aliphatic rings. The third kappa shape index (κ3) is 3.64. The van der Waals surface area contributed by atoms with Gasteiger partial charge in [0, 0.05) is 19.1 Å². The molecule has 4 heteroatoms. The summed E-state index contributed by atoms with van der Waals surface area (Å²) < 4.78 is 0. The van der Waals surface area contributed by atoms with Crippen LogP contribution in [0.2, 0.25) is 5.02 Å². The molecule has 120 valence electrons. The molecule has 3 rings (SSSR count). The molecule has 0 radical (unpaired) electrons. The molecule has 0 aromatic heterocycles. The highest BCUT2D eigenvalue weighted by Gasteiger charge is 2.28. The van der Waals surface area contributed by atoms with Crippen molar-refractivity contribution in [2.24, 2.45) is 0 Å². The zero-order valence-electron chi connectivity index (χ0n) is 13.1. The Bertz CT molecular complexity index is 504. The maximum atomic E-state index is 12.6. The zero-order valence-corrected chi connectivity index (χ0v) is 13.9. The molecule has 0 saturated carbocycles. The van der Waals surface area contributed by atoms with Gasteiger partial charge >= 0.3 is 0 Å². The smallest absolute Gasteiger partial charge is 0.255 e. The van der Waals surface area contributed by atoms with E-state index in [-0.39, 0.29) is 5.91 Å². The van der Waals surface area contributed by atoms with E-state index in [9.17, 15) is 4.79 Å². The molecule has 0 bridgehead atoms. The first-order chi connectivity index (χ1) is 10.8. The van der Waals surface area contributed by atoms with Gasteiger partial charge in [-0.3, -0.25) is 4.79 Å². The fraction of sp³-hybridized carbons (Fsp3) is 0.611. The Labute approximate surface area is 138 Å². The lowest BCUT2D eigenvalue weighted by atomic mass is 10.0. The number of halogens is 1. The van der Waals surface area contributed by atoms with E-state index in [2.05, 4.69) is 4.90 Å². The summed E-state index contributed by atoms with van der Waals surface area (Å²) in [6, 6.07) is 8.02. The topological polar surface area (TPSA) is 23.6 Å². The zero-order chi connectivity index (χ0) is 15.4. The average Bonchev–Trinajstić information content (AvgIpc) is 2.84. The van der Waals surface area contributed by atoms with Gasteiger partial charge in [-0.15, -0.1) is 0 Å². The summed E-state index contributed by atoms with van der Waals surface area (Å²) in [5, 5.41) is 0.558. The second-order valence-corrected chi connectivity index (χ2v) is 6.86. The van der Waals surface area contributed by atoms with Crippen molar-refractivity contribution in [3.8, 4) is 0 Å². The molecule has 1 aromatic carbocycles. The van der Waals surface area contributed by atoms with Crippen molar-refractivity contribution in [3.05, 3.63) is 34.9 Å². The number of carbonyl (C=O) groups is 1. The minimum absolute atomic E-state index is 0.0833. The number of likely N-dealkylation sites (tertiary alicyclic amines) is 2. The molecule has 2 fully saturated rings. The van der Waals surface area contributed by atoms with E-state index in [4.69, 9.17) is 11.6 Å². The van der Waals surface area contributed by atoms with Crippen LogP contribution in [-0.4, -0.2) is 47.9 Å². The molecule has 2 saturated heterocycles. The summed E-state index contributed by atoms with van der Waals surface area (Å²) in [5.41, 5.74) is 0.636. The standard InChI is InChI=1S/C18H25ClN2O/c19-17-8-4-3-7-16(17)18(22)21-13-9-15(10-14-21)20-11-5-1-2-6-12-20/h3-4,7-8,15H,1-2,5-6,9-14H2. The van der Waals surface area contributed by atoms with Crippen molar-refractivity contribution < 1.29 is 4.79 Å². The van der Waals surface area contributed by atoms with Crippen LogP contribution < -0.4 is 0 Å². The lowest BCUT2D eigenvalue weighted by molar-refractivity contribution is 0.0623. The number of benzene rings is 1. The average molecular weight is 321 g/mol. The molecule has 0 atom stereocenters. The van der Waals surface area contributed by atoms with Crippen LogP contribution in [0.15, 0.2) is 24.3 Å². The number of hydrogen-bond donors (Lipinski definition) is 0. The van der Waals surface area contributed by atoms with Crippen LogP contribution in [0.25, 0.3) is 0 Å². The monoisotopic (exact) mass is 320 g/mol. The molecule has 0 spiro atoms. The largest absolute Gasteiger partial charge is 0.338 e. The molecule has 1 aromatic rings. The molecule has 0 unspecified atom stereocenters.